The van der Waals surface area contributed by atoms with Gasteiger partial charge >= 0.3 is 0 Å². The van der Waals surface area contributed by atoms with Crippen molar-refractivity contribution in [2.24, 2.45) is 0 Å². The number of hydrogen-bond donors (Lipinski definition) is 2. The van der Waals surface area contributed by atoms with E-state index in [4.69, 9.17) is 21.1 Å². The van der Waals surface area contributed by atoms with Gasteiger partial charge in [-0.25, -0.2) is 0 Å². The highest BCUT2D eigenvalue weighted by Gasteiger charge is 2.10. The molecule has 7 heteroatoms. The average molecular weight is 389 g/mol. The van der Waals surface area contributed by atoms with E-state index in [1.807, 2.05) is 12.1 Å². The summed E-state index contributed by atoms with van der Waals surface area (Å²) in [6, 6.07) is 12.1. The van der Waals surface area contributed by atoms with Crippen LogP contribution in [0.5, 0.6) is 11.5 Å². The molecule has 0 saturated carbocycles. The Morgan fingerprint density at radius 3 is 2.44 bits per heavy atom. The Hall–Kier alpha value is -2.99. The van der Waals surface area contributed by atoms with Gasteiger partial charge < -0.3 is 20.1 Å². The third kappa shape index (κ3) is 6.34. The lowest BCUT2D eigenvalue weighted by atomic mass is 10.2. The molecule has 0 unspecified atom stereocenters. The van der Waals surface area contributed by atoms with Crippen molar-refractivity contribution in [2.45, 2.75) is 0 Å². The van der Waals surface area contributed by atoms with Crippen molar-refractivity contribution in [1.82, 2.24) is 10.6 Å². The number of nitrogens with one attached hydrogen (secondary N) is 2. The van der Waals surface area contributed by atoms with Crippen LogP contribution < -0.4 is 20.1 Å². The van der Waals surface area contributed by atoms with E-state index < -0.39 is 0 Å². The number of carbonyl (C=O) groups is 2. The van der Waals surface area contributed by atoms with Crippen LogP contribution in [0.2, 0.25) is 5.02 Å². The van der Waals surface area contributed by atoms with Gasteiger partial charge in [0.25, 0.3) is 5.91 Å². The number of halogens is 1. The molecule has 0 aliphatic heterocycles. The molecule has 2 aromatic carbocycles. The van der Waals surface area contributed by atoms with Crippen LogP contribution >= 0.6 is 11.6 Å². The molecule has 2 aromatic rings. The molecule has 2 N–H and O–H groups in total. The number of amides is 2. The minimum atomic E-state index is -0.264. The molecule has 0 spiro atoms. The van der Waals surface area contributed by atoms with Gasteiger partial charge in [-0.15, -0.1) is 0 Å². The SMILES string of the molecule is COc1ccc(C(=O)NCCNC(=O)/C=C/c2cccc(Cl)c2)cc1OC. The van der Waals surface area contributed by atoms with Crippen molar-refractivity contribution in [3.63, 3.8) is 0 Å². The van der Waals surface area contributed by atoms with Crippen molar-refractivity contribution in [1.29, 1.82) is 0 Å². The molecule has 0 aliphatic carbocycles. The molecule has 142 valence electrons. The number of ether oxygens (including phenoxy) is 2. The van der Waals surface area contributed by atoms with Crippen molar-refractivity contribution >= 4 is 29.5 Å². The number of methoxy groups -OCH3 is 2. The van der Waals surface area contributed by atoms with Gasteiger partial charge in [0.2, 0.25) is 5.91 Å². The third-order valence-corrected chi connectivity index (χ3v) is 3.87. The molecular weight excluding hydrogens is 368 g/mol. The van der Waals surface area contributed by atoms with Crippen LogP contribution in [0.15, 0.2) is 48.5 Å². The lowest BCUT2D eigenvalue weighted by Crippen LogP contribution is -2.34. The van der Waals surface area contributed by atoms with Crippen LogP contribution in [0.4, 0.5) is 0 Å². The zero-order chi connectivity index (χ0) is 19.6. The zero-order valence-corrected chi connectivity index (χ0v) is 15.9. The maximum absolute atomic E-state index is 12.2. The largest absolute Gasteiger partial charge is 0.493 e. The van der Waals surface area contributed by atoms with Gasteiger partial charge in [0.05, 0.1) is 14.2 Å². The molecule has 0 radical (unpaired) electrons. The van der Waals surface area contributed by atoms with E-state index in [0.717, 1.165) is 5.56 Å². The number of hydrogen-bond acceptors (Lipinski definition) is 4. The fourth-order valence-corrected chi connectivity index (χ4v) is 2.48. The van der Waals surface area contributed by atoms with E-state index in [-0.39, 0.29) is 11.8 Å². The second-order valence-corrected chi connectivity index (χ2v) is 5.94. The lowest BCUT2D eigenvalue weighted by Gasteiger charge is -2.10. The summed E-state index contributed by atoms with van der Waals surface area (Å²) in [6.07, 6.45) is 3.09. The summed E-state index contributed by atoms with van der Waals surface area (Å²) in [5, 5.41) is 6.04. The maximum Gasteiger partial charge on any atom is 0.251 e. The fourth-order valence-electron chi connectivity index (χ4n) is 2.28. The van der Waals surface area contributed by atoms with Gasteiger partial charge in [0.15, 0.2) is 11.5 Å². The van der Waals surface area contributed by atoms with Gasteiger partial charge in [0, 0.05) is 29.8 Å². The molecule has 2 rings (SSSR count). The Morgan fingerprint density at radius 2 is 1.74 bits per heavy atom. The minimum Gasteiger partial charge on any atom is -0.493 e. The van der Waals surface area contributed by atoms with Gasteiger partial charge in [-0.05, 0) is 42.0 Å². The Kier molecular flexibility index (Phi) is 7.70. The number of rotatable bonds is 8. The highest BCUT2D eigenvalue weighted by molar-refractivity contribution is 6.30. The molecule has 0 aromatic heterocycles. The Bertz CT molecular complexity index is 836. The third-order valence-electron chi connectivity index (χ3n) is 3.63. The van der Waals surface area contributed by atoms with E-state index in [2.05, 4.69) is 10.6 Å². The first-order valence-electron chi connectivity index (χ1n) is 8.25. The molecule has 0 aliphatic rings. The van der Waals surface area contributed by atoms with Crippen molar-refractivity contribution in [3.05, 3.63) is 64.7 Å². The average Bonchev–Trinajstić information content (AvgIpc) is 2.69. The Morgan fingerprint density at radius 1 is 1.00 bits per heavy atom. The van der Waals surface area contributed by atoms with Crippen LogP contribution in [-0.2, 0) is 4.79 Å². The lowest BCUT2D eigenvalue weighted by molar-refractivity contribution is -0.116. The topological polar surface area (TPSA) is 76.7 Å². The van der Waals surface area contributed by atoms with Crippen LogP contribution in [0.3, 0.4) is 0 Å². The fraction of sp³-hybridized carbons (Fsp3) is 0.200. The molecule has 2 amide bonds. The van der Waals surface area contributed by atoms with Gasteiger partial charge in [-0.3, -0.25) is 9.59 Å². The first kappa shape index (κ1) is 20.3. The van der Waals surface area contributed by atoms with Crippen LogP contribution in [-0.4, -0.2) is 39.1 Å². The predicted octanol–water partition coefficient (Wildman–Crippen LogP) is 2.92. The van der Waals surface area contributed by atoms with Crippen molar-refractivity contribution < 1.29 is 19.1 Å². The second kappa shape index (κ2) is 10.2. The summed E-state index contributed by atoms with van der Waals surface area (Å²) in [4.78, 5) is 23.9. The zero-order valence-electron chi connectivity index (χ0n) is 15.1. The predicted molar refractivity (Wildman–Crippen MR) is 105 cm³/mol. The molecular formula is C20H21ClN2O4. The van der Waals surface area contributed by atoms with Gasteiger partial charge in [-0.2, -0.15) is 0 Å². The number of benzene rings is 2. The standard InChI is InChI=1S/C20H21ClN2O4/c1-26-17-8-7-15(13-18(17)27-2)20(25)23-11-10-22-19(24)9-6-14-4-3-5-16(21)12-14/h3-9,12-13H,10-11H2,1-2H3,(H,22,24)(H,23,25)/b9-6+. The van der Waals surface area contributed by atoms with Crippen LogP contribution in [0.25, 0.3) is 6.08 Å². The molecule has 0 bridgehead atoms. The van der Waals surface area contributed by atoms with Crippen molar-refractivity contribution in [2.75, 3.05) is 27.3 Å². The highest BCUT2D eigenvalue weighted by atomic mass is 35.5. The summed E-state index contributed by atoms with van der Waals surface area (Å²) >= 11 is 5.89. The van der Waals surface area contributed by atoms with E-state index in [9.17, 15) is 9.59 Å². The maximum atomic E-state index is 12.2. The molecule has 0 atom stereocenters. The smallest absolute Gasteiger partial charge is 0.251 e. The van der Waals surface area contributed by atoms with E-state index in [0.29, 0.717) is 35.2 Å². The van der Waals surface area contributed by atoms with E-state index in [1.54, 1.807) is 36.4 Å². The minimum absolute atomic E-state index is 0.254. The van der Waals surface area contributed by atoms with Gasteiger partial charge in [0.1, 0.15) is 0 Å². The van der Waals surface area contributed by atoms with E-state index in [1.165, 1.54) is 20.3 Å². The van der Waals surface area contributed by atoms with Crippen LogP contribution in [0, 0.1) is 0 Å². The monoisotopic (exact) mass is 388 g/mol. The van der Waals surface area contributed by atoms with Crippen molar-refractivity contribution in [3.8, 4) is 11.5 Å². The quantitative estimate of drug-likeness (QED) is 0.538. The summed E-state index contributed by atoms with van der Waals surface area (Å²) < 4.78 is 10.3. The van der Waals surface area contributed by atoms with E-state index >= 15 is 0 Å². The summed E-state index contributed by atoms with van der Waals surface area (Å²) in [7, 11) is 3.03. The summed E-state index contributed by atoms with van der Waals surface area (Å²) in [5.41, 5.74) is 1.28. The van der Waals surface area contributed by atoms with Gasteiger partial charge in [-0.1, -0.05) is 23.7 Å². The molecule has 27 heavy (non-hydrogen) atoms. The van der Waals surface area contributed by atoms with Crippen LogP contribution in [0.1, 0.15) is 15.9 Å². The first-order chi connectivity index (χ1) is 13.0. The molecule has 0 heterocycles. The first-order valence-corrected chi connectivity index (χ1v) is 8.63. The normalized spacial score (nSPS) is 10.5. The second-order valence-electron chi connectivity index (χ2n) is 5.51. The Balaban J connectivity index is 1.77. The summed E-state index contributed by atoms with van der Waals surface area (Å²) in [5.74, 6) is 0.507. The highest BCUT2D eigenvalue weighted by Crippen LogP contribution is 2.27. The molecule has 0 fully saturated rings. The number of carbonyl (C=O) groups excluding carboxylic acids is 2. The molecule has 0 saturated heterocycles. The Labute approximate surface area is 163 Å². The summed E-state index contributed by atoms with van der Waals surface area (Å²) in [6.45, 7) is 0.599. The molecule has 6 nitrogen and oxygen atoms in total.